The monoisotopic (exact) mass is 404 g/mol. The Morgan fingerprint density at radius 3 is 2.80 bits per heavy atom. The fourth-order valence-corrected chi connectivity index (χ4v) is 4.05. The fraction of sp³-hybridized carbons (Fsp3) is 0.364. The van der Waals surface area contributed by atoms with Gasteiger partial charge in [-0.3, -0.25) is 4.79 Å². The predicted octanol–water partition coefficient (Wildman–Crippen LogP) is 2.68. The van der Waals surface area contributed by atoms with Crippen molar-refractivity contribution in [1.29, 1.82) is 5.26 Å². The number of piperidine rings is 1. The Morgan fingerprint density at radius 1 is 1.30 bits per heavy atom. The first-order chi connectivity index (χ1) is 14.5. The third kappa shape index (κ3) is 3.66. The molecule has 30 heavy (non-hydrogen) atoms. The Balaban J connectivity index is 1.59. The minimum Gasteiger partial charge on any atom is -0.495 e. The summed E-state index contributed by atoms with van der Waals surface area (Å²) in [6.45, 7) is 2.92. The smallest absolute Gasteiger partial charge is 0.252 e. The number of hydrogen-bond donors (Lipinski definition) is 1. The van der Waals surface area contributed by atoms with Gasteiger partial charge in [0.15, 0.2) is 0 Å². The van der Waals surface area contributed by atoms with Crippen molar-refractivity contribution in [2.45, 2.75) is 31.8 Å². The third-order valence-corrected chi connectivity index (χ3v) is 5.69. The van der Waals surface area contributed by atoms with Gasteiger partial charge < -0.3 is 19.5 Å². The number of nitrogens with zero attached hydrogens (tertiary/aromatic N) is 5. The third-order valence-electron chi connectivity index (χ3n) is 5.69. The molecule has 0 bridgehead atoms. The topological polar surface area (TPSA) is 96.1 Å². The molecular weight excluding hydrogens is 380 g/mol. The fourth-order valence-electron chi connectivity index (χ4n) is 4.05. The van der Waals surface area contributed by atoms with E-state index >= 15 is 0 Å². The SMILES string of the molecule is COc1ccc(NC2CCN(c3cc(=O)n(C)c4ccc(C#N)nc34)C(C)C2)nc1. The Hall–Kier alpha value is -3.60. The van der Waals surface area contributed by atoms with Gasteiger partial charge in [-0.2, -0.15) is 5.26 Å². The summed E-state index contributed by atoms with van der Waals surface area (Å²) in [5.41, 5.74) is 2.47. The van der Waals surface area contributed by atoms with Gasteiger partial charge in [-0.15, -0.1) is 0 Å². The van der Waals surface area contributed by atoms with Gasteiger partial charge >= 0.3 is 0 Å². The molecule has 0 radical (unpaired) electrons. The van der Waals surface area contributed by atoms with Gasteiger partial charge in [0.1, 0.15) is 28.8 Å². The van der Waals surface area contributed by atoms with Gasteiger partial charge in [0.2, 0.25) is 0 Å². The van der Waals surface area contributed by atoms with Crippen molar-refractivity contribution in [3.05, 3.63) is 52.6 Å². The highest BCUT2D eigenvalue weighted by Crippen LogP contribution is 2.30. The average Bonchev–Trinajstić information content (AvgIpc) is 2.77. The first-order valence-corrected chi connectivity index (χ1v) is 9.94. The molecule has 3 aromatic rings. The van der Waals surface area contributed by atoms with Crippen LogP contribution in [0.3, 0.4) is 0 Å². The number of pyridine rings is 3. The number of nitrogens with one attached hydrogen (secondary N) is 1. The van der Waals surface area contributed by atoms with Gasteiger partial charge in [0, 0.05) is 31.7 Å². The molecule has 1 aliphatic heterocycles. The lowest BCUT2D eigenvalue weighted by Crippen LogP contribution is -2.45. The molecule has 8 heteroatoms. The van der Waals surface area contributed by atoms with Crippen molar-refractivity contribution in [1.82, 2.24) is 14.5 Å². The Morgan fingerprint density at radius 2 is 2.13 bits per heavy atom. The van der Waals surface area contributed by atoms with Crippen LogP contribution in [0.2, 0.25) is 0 Å². The predicted molar refractivity (Wildman–Crippen MR) is 116 cm³/mol. The summed E-state index contributed by atoms with van der Waals surface area (Å²) < 4.78 is 6.73. The molecule has 154 valence electrons. The van der Waals surface area contributed by atoms with Crippen LogP contribution in [0.25, 0.3) is 11.0 Å². The van der Waals surface area contributed by atoms with E-state index in [4.69, 9.17) is 4.74 Å². The number of methoxy groups -OCH3 is 1. The van der Waals surface area contributed by atoms with E-state index in [9.17, 15) is 10.1 Å². The minimum absolute atomic E-state index is 0.0844. The molecule has 0 amide bonds. The molecule has 4 heterocycles. The Labute approximate surface area is 174 Å². The molecule has 0 saturated carbocycles. The van der Waals surface area contributed by atoms with E-state index in [1.807, 2.05) is 12.1 Å². The highest BCUT2D eigenvalue weighted by molar-refractivity contribution is 5.88. The number of rotatable bonds is 4. The molecule has 0 spiro atoms. The van der Waals surface area contributed by atoms with Crippen molar-refractivity contribution >= 4 is 22.5 Å². The summed E-state index contributed by atoms with van der Waals surface area (Å²) in [6, 6.07) is 11.4. The zero-order valence-corrected chi connectivity index (χ0v) is 17.3. The highest BCUT2D eigenvalue weighted by Gasteiger charge is 2.28. The molecule has 4 rings (SSSR count). The molecule has 0 aliphatic carbocycles. The van der Waals surface area contributed by atoms with Crippen LogP contribution in [0.1, 0.15) is 25.5 Å². The second kappa shape index (κ2) is 8.03. The normalized spacial score (nSPS) is 18.8. The number of aromatic nitrogens is 3. The van der Waals surface area contributed by atoms with E-state index in [2.05, 4.69) is 33.2 Å². The lowest BCUT2D eigenvalue weighted by atomic mass is 9.97. The maximum absolute atomic E-state index is 12.5. The lowest BCUT2D eigenvalue weighted by molar-refractivity contribution is 0.412. The number of ether oxygens (including phenoxy) is 1. The van der Waals surface area contributed by atoms with Crippen molar-refractivity contribution in [3.8, 4) is 11.8 Å². The maximum Gasteiger partial charge on any atom is 0.252 e. The van der Waals surface area contributed by atoms with E-state index < -0.39 is 0 Å². The van der Waals surface area contributed by atoms with Gasteiger partial charge in [-0.1, -0.05) is 0 Å². The number of nitriles is 1. The van der Waals surface area contributed by atoms with Crippen molar-refractivity contribution in [2.24, 2.45) is 7.05 Å². The van der Waals surface area contributed by atoms with E-state index in [0.29, 0.717) is 11.2 Å². The van der Waals surface area contributed by atoms with Crippen LogP contribution in [0, 0.1) is 11.3 Å². The van der Waals surface area contributed by atoms with Crippen LogP contribution in [-0.4, -0.2) is 40.3 Å². The van der Waals surface area contributed by atoms with Crippen LogP contribution >= 0.6 is 0 Å². The van der Waals surface area contributed by atoms with Crippen LogP contribution in [0.4, 0.5) is 11.5 Å². The number of aryl methyl sites for hydroxylation is 1. The van der Waals surface area contributed by atoms with Crippen LogP contribution < -0.4 is 20.5 Å². The van der Waals surface area contributed by atoms with Gasteiger partial charge in [-0.25, -0.2) is 9.97 Å². The molecule has 1 saturated heterocycles. The summed E-state index contributed by atoms with van der Waals surface area (Å²) in [5, 5.41) is 12.8. The summed E-state index contributed by atoms with van der Waals surface area (Å²) in [4.78, 5) is 23.6. The largest absolute Gasteiger partial charge is 0.495 e. The van der Waals surface area contributed by atoms with Crippen LogP contribution in [0.15, 0.2) is 41.3 Å². The van der Waals surface area contributed by atoms with E-state index in [-0.39, 0.29) is 17.6 Å². The molecule has 2 atom stereocenters. The van der Waals surface area contributed by atoms with Crippen LogP contribution in [-0.2, 0) is 7.05 Å². The molecule has 2 unspecified atom stereocenters. The second-order valence-electron chi connectivity index (χ2n) is 7.59. The van der Waals surface area contributed by atoms with Crippen molar-refractivity contribution < 1.29 is 4.74 Å². The first kappa shape index (κ1) is 19.7. The molecule has 1 fully saturated rings. The molecule has 3 aromatic heterocycles. The zero-order chi connectivity index (χ0) is 21.3. The highest BCUT2D eigenvalue weighted by atomic mass is 16.5. The van der Waals surface area contributed by atoms with E-state index in [1.165, 1.54) is 0 Å². The summed E-state index contributed by atoms with van der Waals surface area (Å²) in [5.74, 6) is 1.55. The average molecular weight is 404 g/mol. The summed E-state index contributed by atoms with van der Waals surface area (Å²) in [7, 11) is 3.35. The standard InChI is InChI=1S/C22H24N6O2/c1-14-10-15(25-20-7-5-17(30-3)13-24-20)8-9-28(14)19-11-21(29)27(2)18-6-4-16(12-23)26-22(18)19/h4-7,11,13-15H,8-10H2,1-3H3,(H,24,25). The molecule has 1 aliphatic rings. The van der Waals surface area contributed by atoms with E-state index in [1.54, 1.807) is 43.1 Å². The van der Waals surface area contributed by atoms with Gasteiger partial charge in [0.05, 0.1) is 24.5 Å². The second-order valence-corrected chi connectivity index (χ2v) is 7.59. The molecule has 1 N–H and O–H groups in total. The quantitative estimate of drug-likeness (QED) is 0.714. The van der Waals surface area contributed by atoms with Crippen molar-refractivity contribution in [2.75, 3.05) is 23.9 Å². The molecule has 0 aromatic carbocycles. The maximum atomic E-state index is 12.5. The molecular formula is C22H24N6O2. The number of hydrogen-bond acceptors (Lipinski definition) is 7. The Kier molecular flexibility index (Phi) is 5.27. The van der Waals surface area contributed by atoms with Crippen LogP contribution in [0.5, 0.6) is 5.75 Å². The number of anilines is 2. The Bertz CT molecular complexity index is 1170. The van der Waals surface area contributed by atoms with Gasteiger partial charge in [-0.05, 0) is 44.0 Å². The summed E-state index contributed by atoms with van der Waals surface area (Å²) >= 11 is 0. The number of fused-ring (bicyclic) bond motifs is 1. The summed E-state index contributed by atoms with van der Waals surface area (Å²) in [6.07, 6.45) is 3.49. The lowest BCUT2D eigenvalue weighted by Gasteiger charge is -2.40. The van der Waals surface area contributed by atoms with Crippen molar-refractivity contribution in [3.63, 3.8) is 0 Å². The first-order valence-electron chi connectivity index (χ1n) is 9.94. The molecule has 8 nitrogen and oxygen atoms in total. The van der Waals surface area contributed by atoms with Gasteiger partial charge in [0.25, 0.3) is 5.56 Å². The minimum atomic E-state index is -0.0844. The van der Waals surface area contributed by atoms with E-state index in [0.717, 1.165) is 42.2 Å². The zero-order valence-electron chi connectivity index (χ0n) is 17.3.